The predicted octanol–water partition coefficient (Wildman–Crippen LogP) is 3.79. The number of anilines is 1. The molecule has 3 heteroatoms. The summed E-state index contributed by atoms with van der Waals surface area (Å²) in [5.41, 5.74) is 3.10. The van der Waals surface area contributed by atoms with E-state index in [-0.39, 0.29) is 0 Å². The van der Waals surface area contributed by atoms with Crippen LogP contribution in [0.2, 0.25) is 0 Å². The molecule has 0 saturated carbocycles. The molecule has 0 aliphatic carbocycles. The molecular formula is C15H23BrN2. The van der Waals surface area contributed by atoms with Crippen LogP contribution in [0.25, 0.3) is 0 Å². The minimum absolute atomic E-state index is 0.439. The SMILES string of the molecule is CNCc1ccc(N2CCCC(C)(C)C2)cc1Br. The molecule has 0 unspecified atom stereocenters. The van der Waals surface area contributed by atoms with Crippen molar-refractivity contribution in [1.82, 2.24) is 5.32 Å². The summed E-state index contributed by atoms with van der Waals surface area (Å²) in [6.07, 6.45) is 2.63. The highest BCUT2D eigenvalue weighted by Crippen LogP contribution is 2.33. The van der Waals surface area contributed by atoms with E-state index in [2.05, 4.69) is 58.2 Å². The molecule has 0 atom stereocenters. The highest BCUT2D eigenvalue weighted by Gasteiger charge is 2.26. The van der Waals surface area contributed by atoms with Crippen molar-refractivity contribution in [1.29, 1.82) is 0 Å². The summed E-state index contributed by atoms with van der Waals surface area (Å²) < 4.78 is 1.21. The second kappa shape index (κ2) is 5.62. The largest absolute Gasteiger partial charge is 0.371 e. The Hall–Kier alpha value is -0.540. The van der Waals surface area contributed by atoms with Crippen molar-refractivity contribution in [3.05, 3.63) is 28.2 Å². The van der Waals surface area contributed by atoms with Crippen molar-refractivity contribution in [3.8, 4) is 0 Å². The molecule has 1 N–H and O–H groups in total. The van der Waals surface area contributed by atoms with Crippen molar-refractivity contribution < 1.29 is 0 Å². The molecule has 0 spiro atoms. The van der Waals surface area contributed by atoms with E-state index in [0.717, 1.165) is 13.1 Å². The summed E-state index contributed by atoms with van der Waals surface area (Å²) in [6, 6.07) is 6.73. The van der Waals surface area contributed by atoms with Gasteiger partial charge in [0.2, 0.25) is 0 Å². The lowest BCUT2D eigenvalue weighted by Gasteiger charge is -2.39. The van der Waals surface area contributed by atoms with Crippen LogP contribution in [0.5, 0.6) is 0 Å². The quantitative estimate of drug-likeness (QED) is 0.913. The Balaban J connectivity index is 2.16. The first-order valence-electron chi connectivity index (χ1n) is 6.70. The van der Waals surface area contributed by atoms with Gasteiger partial charge in [-0.25, -0.2) is 0 Å². The maximum atomic E-state index is 3.68. The average molecular weight is 311 g/mol. The average Bonchev–Trinajstić information content (AvgIpc) is 2.30. The Morgan fingerprint density at radius 2 is 2.17 bits per heavy atom. The minimum Gasteiger partial charge on any atom is -0.371 e. The predicted molar refractivity (Wildman–Crippen MR) is 82.1 cm³/mol. The minimum atomic E-state index is 0.439. The maximum Gasteiger partial charge on any atom is 0.0377 e. The van der Waals surface area contributed by atoms with Crippen molar-refractivity contribution in [2.75, 3.05) is 25.0 Å². The summed E-state index contributed by atoms with van der Waals surface area (Å²) >= 11 is 3.68. The standard InChI is InChI=1S/C15H23BrN2/c1-15(2)7-4-8-18(11-15)13-6-5-12(10-17-3)14(16)9-13/h5-6,9,17H,4,7-8,10-11H2,1-3H3. The van der Waals surface area contributed by atoms with Crippen LogP contribution in [0.4, 0.5) is 5.69 Å². The lowest BCUT2D eigenvalue weighted by molar-refractivity contribution is 0.293. The molecule has 1 aromatic carbocycles. The molecule has 0 bridgehead atoms. The van der Waals surface area contributed by atoms with Crippen molar-refractivity contribution >= 4 is 21.6 Å². The van der Waals surface area contributed by atoms with Crippen LogP contribution in [-0.2, 0) is 6.54 Å². The molecule has 1 heterocycles. The first-order valence-corrected chi connectivity index (χ1v) is 7.49. The molecule has 100 valence electrons. The second-order valence-electron chi connectivity index (χ2n) is 6.00. The van der Waals surface area contributed by atoms with Gasteiger partial charge in [0.25, 0.3) is 0 Å². The molecule has 0 radical (unpaired) electrons. The van der Waals surface area contributed by atoms with E-state index in [4.69, 9.17) is 0 Å². The van der Waals surface area contributed by atoms with Crippen molar-refractivity contribution in [2.24, 2.45) is 5.41 Å². The molecule has 2 nitrogen and oxygen atoms in total. The van der Waals surface area contributed by atoms with Crippen molar-refractivity contribution in [3.63, 3.8) is 0 Å². The molecule has 1 aromatic rings. The fraction of sp³-hybridized carbons (Fsp3) is 0.600. The van der Waals surface area contributed by atoms with Gasteiger partial charge in [-0.1, -0.05) is 35.8 Å². The Morgan fingerprint density at radius 3 is 2.78 bits per heavy atom. The van der Waals surface area contributed by atoms with E-state index >= 15 is 0 Å². The second-order valence-corrected chi connectivity index (χ2v) is 6.85. The summed E-state index contributed by atoms with van der Waals surface area (Å²) in [7, 11) is 1.98. The number of halogens is 1. The Labute approximate surface area is 119 Å². The van der Waals surface area contributed by atoms with E-state index in [1.165, 1.54) is 35.1 Å². The molecule has 0 amide bonds. The van der Waals surface area contributed by atoms with Gasteiger partial charge in [-0.05, 0) is 43.0 Å². The van der Waals surface area contributed by atoms with Crippen LogP contribution in [0.15, 0.2) is 22.7 Å². The van der Waals surface area contributed by atoms with Gasteiger partial charge >= 0.3 is 0 Å². The fourth-order valence-electron chi connectivity index (χ4n) is 2.71. The van der Waals surface area contributed by atoms with Gasteiger partial charge < -0.3 is 10.2 Å². The summed E-state index contributed by atoms with van der Waals surface area (Å²) in [5, 5.41) is 3.19. The van der Waals surface area contributed by atoms with Gasteiger partial charge in [-0.3, -0.25) is 0 Å². The lowest BCUT2D eigenvalue weighted by Crippen LogP contribution is -2.40. The van der Waals surface area contributed by atoms with Crippen LogP contribution >= 0.6 is 15.9 Å². The zero-order chi connectivity index (χ0) is 13.2. The summed E-state index contributed by atoms with van der Waals surface area (Å²) in [4.78, 5) is 2.51. The molecule has 2 rings (SSSR count). The normalized spacial score (nSPS) is 19.0. The molecule has 1 aliphatic heterocycles. The van der Waals surface area contributed by atoms with Gasteiger partial charge in [0.1, 0.15) is 0 Å². The third kappa shape index (κ3) is 3.27. The van der Waals surface area contributed by atoms with Gasteiger partial charge in [0, 0.05) is 29.8 Å². The van der Waals surface area contributed by atoms with Crippen LogP contribution < -0.4 is 10.2 Å². The number of piperidine rings is 1. The third-order valence-electron chi connectivity index (χ3n) is 3.67. The lowest BCUT2D eigenvalue weighted by atomic mass is 9.84. The van der Waals surface area contributed by atoms with Gasteiger partial charge in [0.15, 0.2) is 0 Å². The van der Waals surface area contributed by atoms with Gasteiger partial charge in [0.05, 0.1) is 0 Å². The van der Waals surface area contributed by atoms with E-state index < -0.39 is 0 Å². The highest BCUT2D eigenvalue weighted by molar-refractivity contribution is 9.10. The summed E-state index contributed by atoms with van der Waals surface area (Å²) in [6.45, 7) is 7.98. The molecule has 0 aromatic heterocycles. The molecular weight excluding hydrogens is 288 g/mol. The first kappa shape index (κ1) is 13.9. The Morgan fingerprint density at radius 1 is 1.39 bits per heavy atom. The van der Waals surface area contributed by atoms with E-state index in [1.807, 2.05) is 7.05 Å². The number of nitrogens with zero attached hydrogens (tertiary/aromatic N) is 1. The number of benzene rings is 1. The van der Waals surface area contributed by atoms with Gasteiger partial charge in [-0.15, -0.1) is 0 Å². The fourth-order valence-corrected chi connectivity index (χ4v) is 3.22. The van der Waals surface area contributed by atoms with Crippen molar-refractivity contribution in [2.45, 2.75) is 33.2 Å². The molecule has 1 fully saturated rings. The molecule has 1 aliphatic rings. The van der Waals surface area contributed by atoms with E-state index in [0.29, 0.717) is 5.41 Å². The smallest absolute Gasteiger partial charge is 0.0377 e. The van der Waals surface area contributed by atoms with E-state index in [9.17, 15) is 0 Å². The third-order valence-corrected chi connectivity index (χ3v) is 4.41. The molecule has 18 heavy (non-hydrogen) atoms. The highest BCUT2D eigenvalue weighted by atomic mass is 79.9. The van der Waals surface area contributed by atoms with Crippen LogP contribution in [-0.4, -0.2) is 20.1 Å². The molecule has 1 saturated heterocycles. The number of nitrogens with one attached hydrogen (secondary N) is 1. The monoisotopic (exact) mass is 310 g/mol. The van der Waals surface area contributed by atoms with Crippen LogP contribution in [0.3, 0.4) is 0 Å². The number of rotatable bonds is 3. The zero-order valence-electron chi connectivity index (χ0n) is 11.6. The number of hydrogen-bond acceptors (Lipinski definition) is 2. The summed E-state index contributed by atoms with van der Waals surface area (Å²) in [5.74, 6) is 0. The first-order chi connectivity index (χ1) is 8.52. The maximum absolute atomic E-state index is 3.68. The topological polar surface area (TPSA) is 15.3 Å². The Bertz CT molecular complexity index is 415. The van der Waals surface area contributed by atoms with Crippen LogP contribution in [0.1, 0.15) is 32.3 Å². The number of hydrogen-bond donors (Lipinski definition) is 1. The Kier molecular flexibility index (Phi) is 4.33. The van der Waals surface area contributed by atoms with E-state index in [1.54, 1.807) is 0 Å². The zero-order valence-corrected chi connectivity index (χ0v) is 13.2. The van der Waals surface area contributed by atoms with Gasteiger partial charge in [-0.2, -0.15) is 0 Å². The van der Waals surface area contributed by atoms with Crippen LogP contribution in [0, 0.1) is 5.41 Å².